The maximum absolute atomic E-state index is 4.26. The van der Waals surface area contributed by atoms with E-state index in [-0.39, 0.29) is 24.0 Å². The van der Waals surface area contributed by atoms with E-state index in [0.29, 0.717) is 5.37 Å². The molecule has 2 atom stereocenters. The van der Waals surface area contributed by atoms with Gasteiger partial charge in [-0.15, -0.1) is 0 Å². The molecule has 0 aromatic heterocycles. The first-order valence-corrected chi connectivity index (χ1v) is 10.0. The number of nitrogens with zero attached hydrogens (tertiary/aromatic N) is 1. The number of unbranched alkanes of at least 4 members (excludes halogenated alkanes) is 4. The molecule has 0 fully saturated rings. The molecule has 2 aromatic rings. The summed E-state index contributed by atoms with van der Waals surface area (Å²) in [7, 11) is 0. The highest BCUT2D eigenvalue weighted by Crippen LogP contribution is 2.56. The molecule has 0 amide bonds. The molecule has 1 nitrogen and oxygen atoms in total. The molecule has 25 heavy (non-hydrogen) atoms. The number of para-hydroxylation sites is 1. The topological polar surface area (TPSA) is 0 Å². The van der Waals surface area contributed by atoms with Crippen molar-refractivity contribution >= 4 is 17.4 Å². The molecule has 3 heteroatoms. The van der Waals surface area contributed by atoms with Gasteiger partial charge in [-0.05, 0) is 25.5 Å². The van der Waals surface area contributed by atoms with E-state index in [4.69, 9.17) is 0 Å². The van der Waals surface area contributed by atoms with Crippen LogP contribution in [-0.4, -0.2) is 6.54 Å². The van der Waals surface area contributed by atoms with Crippen LogP contribution >= 0.6 is 11.8 Å². The molecule has 0 spiro atoms. The molecule has 2 unspecified atom stereocenters. The quantitative estimate of drug-likeness (QED) is 0.324. The first-order valence-electron chi connectivity index (χ1n) is 9.14. The lowest BCUT2D eigenvalue weighted by Crippen LogP contribution is -3.00. The smallest absolute Gasteiger partial charge is 0.175 e. The Labute approximate surface area is 174 Å². The molecule has 1 aliphatic heterocycles. The molecule has 0 aliphatic carbocycles. The maximum atomic E-state index is 4.26. The number of halogens is 1. The number of hydrogen-bond donors (Lipinski definition) is 0. The Morgan fingerprint density at radius 1 is 0.960 bits per heavy atom. The zero-order chi connectivity index (χ0) is 16.8. The number of rotatable bonds is 8. The van der Waals surface area contributed by atoms with Crippen LogP contribution in [0.25, 0.3) is 0 Å². The van der Waals surface area contributed by atoms with Gasteiger partial charge in [-0.2, -0.15) is 0 Å². The van der Waals surface area contributed by atoms with E-state index in [2.05, 4.69) is 74.3 Å². The van der Waals surface area contributed by atoms with E-state index in [1.165, 1.54) is 48.3 Å². The van der Waals surface area contributed by atoms with Crippen molar-refractivity contribution in [3.8, 4) is 0 Å². The molecule has 0 radical (unpaired) electrons. The lowest BCUT2D eigenvalue weighted by atomic mass is 10.1. The summed E-state index contributed by atoms with van der Waals surface area (Å²) >= 11 is 1.99. The molecule has 1 heterocycles. The average molecular weight is 465 g/mol. The summed E-state index contributed by atoms with van der Waals surface area (Å²) in [5.41, 5.74) is 2.81. The van der Waals surface area contributed by atoms with Crippen LogP contribution in [0.4, 0.5) is 5.69 Å². The number of hydrogen-bond acceptors (Lipinski definition) is 1. The Morgan fingerprint density at radius 2 is 1.64 bits per heavy atom. The molecular weight excluding hydrogens is 437 g/mol. The summed E-state index contributed by atoms with van der Waals surface area (Å²) in [6.45, 7) is 7.67. The van der Waals surface area contributed by atoms with Gasteiger partial charge in [0.15, 0.2) is 11.1 Å². The second kappa shape index (κ2) is 9.79. The van der Waals surface area contributed by atoms with Gasteiger partial charge in [0.1, 0.15) is 0 Å². The molecular formula is C22H28INS. The van der Waals surface area contributed by atoms with Crippen LogP contribution in [0.2, 0.25) is 0 Å². The van der Waals surface area contributed by atoms with Crippen LogP contribution < -0.4 is 28.5 Å². The summed E-state index contributed by atoms with van der Waals surface area (Å²) in [6.07, 6.45) is 8.74. The van der Waals surface area contributed by atoms with Crippen molar-refractivity contribution in [3.63, 3.8) is 0 Å². The minimum atomic E-state index is 0. The lowest BCUT2D eigenvalue weighted by Gasteiger charge is -2.36. The fraction of sp³-hybridized carbons (Fsp3) is 0.364. The van der Waals surface area contributed by atoms with Crippen LogP contribution in [0, 0.1) is 0 Å². The van der Waals surface area contributed by atoms with Crippen LogP contribution in [-0.2, 0) is 0 Å². The van der Waals surface area contributed by atoms with Crippen LogP contribution in [0.3, 0.4) is 0 Å². The highest BCUT2D eigenvalue weighted by Gasteiger charge is 2.46. The Bertz CT molecular complexity index is 673. The Morgan fingerprint density at radius 3 is 2.36 bits per heavy atom. The van der Waals surface area contributed by atoms with Gasteiger partial charge >= 0.3 is 0 Å². The van der Waals surface area contributed by atoms with E-state index >= 15 is 0 Å². The number of quaternary nitrogens is 1. The normalized spacial score (nSPS) is 21.4. The maximum Gasteiger partial charge on any atom is 0.175 e. The Kier molecular flexibility index (Phi) is 8.04. The predicted octanol–water partition coefficient (Wildman–Crippen LogP) is 3.92. The van der Waals surface area contributed by atoms with E-state index < -0.39 is 0 Å². The molecule has 0 saturated heterocycles. The fourth-order valence-electron chi connectivity index (χ4n) is 3.69. The van der Waals surface area contributed by atoms with Crippen molar-refractivity contribution in [2.24, 2.45) is 0 Å². The average Bonchev–Trinajstić information content (AvgIpc) is 2.97. The Hall–Kier alpha value is -0.780. The van der Waals surface area contributed by atoms with E-state index in [9.17, 15) is 0 Å². The molecule has 134 valence electrons. The third-order valence-corrected chi connectivity index (χ3v) is 6.48. The van der Waals surface area contributed by atoms with Crippen molar-refractivity contribution in [3.05, 3.63) is 72.9 Å². The Balaban J connectivity index is 0.00000225. The summed E-state index contributed by atoms with van der Waals surface area (Å²) in [5, 5.41) is 0.382. The lowest BCUT2D eigenvalue weighted by molar-refractivity contribution is -0.00000486. The van der Waals surface area contributed by atoms with Gasteiger partial charge in [-0.3, -0.25) is 0 Å². The van der Waals surface area contributed by atoms with Crippen LogP contribution in [0.5, 0.6) is 0 Å². The third kappa shape index (κ3) is 4.32. The van der Waals surface area contributed by atoms with E-state index in [1.54, 1.807) is 0 Å². The first kappa shape index (κ1) is 20.5. The van der Waals surface area contributed by atoms with Crippen molar-refractivity contribution in [1.82, 2.24) is 4.48 Å². The SMILES string of the molecule is C=C[N+]1(CCCCCCC)c2ccccc2SC1c1ccccc1.[I-]. The van der Waals surface area contributed by atoms with Crippen molar-refractivity contribution in [2.75, 3.05) is 6.54 Å². The minimum Gasteiger partial charge on any atom is -1.00 e. The third-order valence-electron chi connectivity index (χ3n) is 5.01. The van der Waals surface area contributed by atoms with Gasteiger partial charge in [0.25, 0.3) is 0 Å². The molecule has 1 aliphatic rings. The van der Waals surface area contributed by atoms with Crippen LogP contribution in [0.15, 0.2) is 72.3 Å². The number of thioether (sulfide) groups is 1. The van der Waals surface area contributed by atoms with Gasteiger partial charge < -0.3 is 24.0 Å². The largest absolute Gasteiger partial charge is 1.00 e. The first-order chi connectivity index (χ1) is 11.8. The summed E-state index contributed by atoms with van der Waals surface area (Å²) in [5.74, 6) is 0. The molecule has 3 rings (SSSR count). The van der Waals surface area contributed by atoms with E-state index in [1.807, 2.05) is 11.8 Å². The zero-order valence-electron chi connectivity index (χ0n) is 15.0. The predicted molar refractivity (Wildman–Crippen MR) is 107 cm³/mol. The van der Waals surface area contributed by atoms with Crippen molar-refractivity contribution < 1.29 is 24.0 Å². The summed E-state index contributed by atoms with van der Waals surface area (Å²) in [6, 6.07) is 19.8. The number of benzene rings is 2. The second-order valence-corrected chi connectivity index (χ2v) is 7.72. The summed E-state index contributed by atoms with van der Waals surface area (Å²) < 4.78 is 0.872. The highest BCUT2D eigenvalue weighted by atomic mass is 127. The summed E-state index contributed by atoms with van der Waals surface area (Å²) in [4.78, 5) is 1.40. The zero-order valence-corrected chi connectivity index (χ0v) is 18.0. The van der Waals surface area contributed by atoms with Crippen LogP contribution in [0.1, 0.15) is 50.0 Å². The minimum absolute atomic E-state index is 0. The standard InChI is InChI=1S/C22H28NS.HI/c1-3-5-6-7-13-18-23(4-2)20-16-11-12-17-21(20)24-22(23)19-14-9-8-10-15-19;/h4,8-12,14-17,22H,2-3,5-7,13,18H2,1H3;1H/q+1;/p-1. The number of fused-ring (bicyclic) bond motifs is 1. The fourth-order valence-corrected chi connectivity index (χ4v) is 5.24. The molecule has 0 N–H and O–H groups in total. The van der Waals surface area contributed by atoms with Gasteiger partial charge in [-0.1, -0.05) is 80.4 Å². The highest BCUT2D eigenvalue weighted by molar-refractivity contribution is 8.00. The molecule has 0 bridgehead atoms. The van der Waals surface area contributed by atoms with Gasteiger partial charge in [0.05, 0.1) is 17.6 Å². The second-order valence-electron chi connectivity index (χ2n) is 6.60. The van der Waals surface area contributed by atoms with Crippen molar-refractivity contribution in [1.29, 1.82) is 0 Å². The van der Waals surface area contributed by atoms with E-state index in [0.717, 1.165) is 11.0 Å². The van der Waals surface area contributed by atoms with Gasteiger partial charge in [-0.25, -0.2) is 4.48 Å². The molecule has 2 aromatic carbocycles. The van der Waals surface area contributed by atoms with Gasteiger partial charge in [0, 0.05) is 11.6 Å². The monoisotopic (exact) mass is 465 g/mol. The van der Waals surface area contributed by atoms with Crippen molar-refractivity contribution in [2.45, 2.75) is 49.3 Å². The molecule has 0 saturated carbocycles. The van der Waals surface area contributed by atoms with Gasteiger partial charge in [0.2, 0.25) is 0 Å².